The van der Waals surface area contributed by atoms with E-state index < -0.39 is 0 Å². The third-order valence-electron chi connectivity index (χ3n) is 5.43. The molecule has 0 radical (unpaired) electrons. The van der Waals surface area contributed by atoms with Crippen LogP contribution in [0.25, 0.3) is 0 Å². The second kappa shape index (κ2) is 7.46. The van der Waals surface area contributed by atoms with Gasteiger partial charge in [0, 0.05) is 4.88 Å². The maximum absolute atomic E-state index is 13.5. The van der Waals surface area contributed by atoms with Crippen LogP contribution in [0.2, 0.25) is 0 Å². The van der Waals surface area contributed by atoms with Crippen molar-refractivity contribution < 1.29 is 4.79 Å². The van der Waals surface area contributed by atoms with Crippen LogP contribution in [0.1, 0.15) is 47.7 Å². The molecule has 1 aromatic heterocycles. The average molecular weight is 362 g/mol. The van der Waals surface area contributed by atoms with Crippen LogP contribution >= 0.6 is 11.3 Å². The normalized spacial score (nSPS) is 15.9. The summed E-state index contributed by atoms with van der Waals surface area (Å²) in [5.74, 6) is 0.162. The molecule has 1 aliphatic rings. The first-order chi connectivity index (χ1) is 12.8. The van der Waals surface area contributed by atoms with Crippen LogP contribution in [0.5, 0.6) is 0 Å². The Balaban J connectivity index is 1.68. The SMILES string of the molecule is O=C(NC(c1ccccc1)c1ccccc1)C1(c2cccs2)CCCC1. The van der Waals surface area contributed by atoms with Crippen LogP contribution in [-0.4, -0.2) is 5.91 Å². The summed E-state index contributed by atoms with van der Waals surface area (Å²) in [6.07, 6.45) is 4.12. The van der Waals surface area contributed by atoms with E-state index in [1.54, 1.807) is 11.3 Å². The molecule has 1 fully saturated rings. The van der Waals surface area contributed by atoms with Gasteiger partial charge in [-0.2, -0.15) is 0 Å². The number of benzene rings is 2. The van der Waals surface area contributed by atoms with E-state index in [-0.39, 0.29) is 17.4 Å². The zero-order chi connectivity index (χ0) is 17.8. The van der Waals surface area contributed by atoms with E-state index in [1.165, 1.54) is 4.88 Å². The lowest BCUT2D eigenvalue weighted by Gasteiger charge is -2.30. The molecule has 3 heteroatoms. The minimum Gasteiger partial charge on any atom is -0.344 e. The molecular weight excluding hydrogens is 338 g/mol. The number of rotatable bonds is 5. The van der Waals surface area contributed by atoms with Crippen molar-refractivity contribution >= 4 is 17.2 Å². The summed E-state index contributed by atoms with van der Waals surface area (Å²) in [6, 6.07) is 24.5. The van der Waals surface area contributed by atoms with Gasteiger partial charge in [-0.05, 0) is 35.4 Å². The third kappa shape index (κ3) is 3.19. The third-order valence-corrected chi connectivity index (χ3v) is 6.50. The number of carbonyl (C=O) groups excluding carboxylic acids is 1. The maximum atomic E-state index is 13.5. The van der Waals surface area contributed by atoms with Crippen LogP contribution in [0.4, 0.5) is 0 Å². The number of thiophene rings is 1. The Labute approximate surface area is 158 Å². The Morgan fingerprint density at radius 3 is 1.92 bits per heavy atom. The fourth-order valence-corrected chi connectivity index (χ4v) is 5.02. The van der Waals surface area contributed by atoms with Gasteiger partial charge < -0.3 is 5.32 Å². The van der Waals surface area contributed by atoms with Crippen LogP contribution in [0.3, 0.4) is 0 Å². The minimum atomic E-state index is -0.365. The lowest BCUT2D eigenvalue weighted by Crippen LogP contribution is -2.44. The summed E-state index contributed by atoms with van der Waals surface area (Å²) in [7, 11) is 0. The topological polar surface area (TPSA) is 29.1 Å². The molecule has 2 nitrogen and oxygen atoms in total. The van der Waals surface area contributed by atoms with Crippen molar-refractivity contribution in [2.45, 2.75) is 37.1 Å². The molecule has 0 aliphatic heterocycles. The zero-order valence-electron chi connectivity index (χ0n) is 14.7. The van der Waals surface area contributed by atoms with Crippen molar-refractivity contribution in [1.29, 1.82) is 0 Å². The first-order valence-corrected chi connectivity index (χ1v) is 10.1. The van der Waals surface area contributed by atoms with Crippen molar-refractivity contribution in [3.05, 3.63) is 94.2 Å². The molecule has 1 amide bonds. The van der Waals surface area contributed by atoms with Crippen LogP contribution in [-0.2, 0) is 10.2 Å². The molecule has 0 unspecified atom stereocenters. The Kier molecular flexibility index (Phi) is 4.89. The van der Waals surface area contributed by atoms with Gasteiger partial charge in [-0.15, -0.1) is 11.3 Å². The average Bonchev–Trinajstić information content (AvgIpc) is 3.39. The number of hydrogen-bond donors (Lipinski definition) is 1. The van der Waals surface area contributed by atoms with Gasteiger partial charge in [-0.25, -0.2) is 0 Å². The fourth-order valence-electron chi connectivity index (χ4n) is 4.03. The number of carbonyl (C=O) groups is 1. The van der Waals surface area contributed by atoms with Gasteiger partial charge in [0.15, 0.2) is 0 Å². The van der Waals surface area contributed by atoms with E-state index in [0.717, 1.165) is 36.8 Å². The van der Waals surface area contributed by atoms with Gasteiger partial charge in [0.05, 0.1) is 11.5 Å². The second-order valence-corrected chi connectivity index (χ2v) is 7.94. The number of hydrogen-bond acceptors (Lipinski definition) is 2. The highest BCUT2D eigenvalue weighted by molar-refractivity contribution is 7.10. The lowest BCUT2D eigenvalue weighted by molar-refractivity contribution is -0.127. The largest absolute Gasteiger partial charge is 0.344 e. The highest BCUT2D eigenvalue weighted by atomic mass is 32.1. The highest BCUT2D eigenvalue weighted by Gasteiger charge is 2.44. The van der Waals surface area contributed by atoms with Crippen molar-refractivity contribution in [3.8, 4) is 0 Å². The molecular formula is C23H23NOS. The second-order valence-electron chi connectivity index (χ2n) is 6.99. The molecule has 0 spiro atoms. The molecule has 4 rings (SSSR count). The molecule has 0 bridgehead atoms. The van der Waals surface area contributed by atoms with E-state index in [1.807, 2.05) is 36.4 Å². The van der Waals surface area contributed by atoms with Crippen LogP contribution in [0, 0.1) is 0 Å². The Hall–Kier alpha value is -2.39. The Morgan fingerprint density at radius 1 is 0.846 bits per heavy atom. The molecule has 1 saturated carbocycles. The Morgan fingerprint density at radius 2 is 1.42 bits per heavy atom. The highest BCUT2D eigenvalue weighted by Crippen LogP contribution is 2.44. The molecule has 0 saturated heterocycles. The van der Waals surface area contributed by atoms with Crippen molar-refractivity contribution in [2.75, 3.05) is 0 Å². The van der Waals surface area contributed by atoms with Crippen molar-refractivity contribution in [3.63, 3.8) is 0 Å². The van der Waals surface area contributed by atoms with Gasteiger partial charge in [0.1, 0.15) is 0 Å². The monoisotopic (exact) mass is 361 g/mol. The Bertz CT molecular complexity index is 797. The van der Waals surface area contributed by atoms with Crippen molar-refractivity contribution in [2.24, 2.45) is 0 Å². The first kappa shape index (κ1) is 17.0. The van der Waals surface area contributed by atoms with Gasteiger partial charge in [-0.1, -0.05) is 79.6 Å². The molecule has 1 N–H and O–H groups in total. The minimum absolute atomic E-state index is 0.123. The van der Waals surface area contributed by atoms with E-state index >= 15 is 0 Å². The van der Waals surface area contributed by atoms with Gasteiger partial charge in [0.25, 0.3) is 0 Å². The zero-order valence-corrected chi connectivity index (χ0v) is 15.5. The van der Waals surface area contributed by atoms with Gasteiger partial charge >= 0.3 is 0 Å². The standard InChI is InChI=1S/C23H23NOS/c25-22(23(15-7-8-16-23)20-14-9-17-26-20)24-21(18-10-3-1-4-11-18)19-12-5-2-6-13-19/h1-6,9-14,17,21H,7-8,15-16H2,(H,24,25). The summed E-state index contributed by atoms with van der Waals surface area (Å²) in [5, 5.41) is 5.47. The molecule has 1 aliphatic carbocycles. The van der Waals surface area contributed by atoms with E-state index in [2.05, 4.69) is 47.1 Å². The smallest absolute Gasteiger partial charge is 0.232 e. The molecule has 26 heavy (non-hydrogen) atoms. The van der Waals surface area contributed by atoms with Gasteiger partial charge in [-0.3, -0.25) is 4.79 Å². The maximum Gasteiger partial charge on any atom is 0.232 e. The first-order valence-electron chi connectivity index (χ1n) is 9.24. The number of nitrogens with one attached hydrogen (secondary N) is 1. The van der Waals surface area contributed by atoms with E-state index in [0.29, 0.717) is 0 Å². The molecule has 2 aromatic carbocycles. The number of amides is 1. The molecule has 3 aromatic rings. The summed E-state index contributed by atoms with van der Waals surface area (Å²) >= 11 is 1.71. The molecule has 132 valence electrons. The summed E-state index contributed by atoms with van der Waals surface area (Å²) in [5.41, 5.74) is 1.87. The van der Waals surface area contributed by atoms with Crippen molar-refractivity contribution in [1.82, 2.24) is 5.32 Å². The fraction of sp³-hybridized carbons (Fsp3) is 0.261. The van der Waals surface area contributed by atoms with Crippen LogP contribution < -0.4 is 5.32 Å². The summed E-state index contributed by atoms with van der Waals surface area (Å²) < 4.78 is 0. The van der Waals surface area contributed by atoms with E-state index in [4.69, 9.17) is 0 Å². The van der Waals surface area contributed by atoms with Gasteiger partial charge in [0.2, 0.25) is 5.91 Å². The molecule has 0 atom stereocenters. The lowest BCUT2D eigenvalue weighted by atomic mass is 9.82. The summed E-state index contributed by atoms with van der Waals surface area (Å²) in [6.45, 7) is 0. The quantitative estimate of drug-likeness (QED) is 0.642. The molecule has 1 heterocycles. The van der Waals surface area contributed by atoms with Crippen LogP contribution in [0.15, 0.2) is 78.2 Å². The predicted octanol–water partition coefficient (Wildman–Crippen LogP) is 5.47. The van der Waals surface area contributed by atoms with E-state index in [9.17, 15) is 4.79 Å². The summed E-state index contributed by atoms with van der Waals surface area (Å²) in [4.78, 5) is 14.7. The predicted molar refractivity (Wildman–Crippen MR) is 107 cm³/mol.